The van der Waals surface area contributed by atoms with E-state index in [0.717, 1.165) is 6.54 Å². The molecule has 1 N–H and O–H groups in total. The van der Waals surface area contributed by atoms with Crippen molar-refractivity contribution in [3.8, 4) is 5.75 Å². The van der Waals surface area contributed by atoms with Gasteiger partial charge in [0.15, 0.2) is 5.60 Å². The molecule has 2 rings (SSSR count). The van der Waals surface area contributed by atoms with Crippen molar-refractivity contribution in [2.24, 2.45) is 4.99 Å². The van der Waals surface area contributed by atoms with Gasteiger partial charge in [0.2, 0.25) is 0 Å². The minimum absolute atomic E-state index is 0.0153. The summed E-state index contributed by atoms with van der Waals surface area (Å²) in [4.78, 5) is 6.27. The quantitative estimate of drug-likeness (QED) is 0.595. The molecule has 2 aromatic carbocycles. The van der Waals surface area contributed by atoms with E-state index in [1.54, 1.807) is 37.5 Å². The van der Waals surface area contributed by atoms with Crippen LogP contribution in [-0.4, -0.2) is 43.5 Å². The lowest BCUT2D eigenvalue weighted by Gasteiger charge is -2.30. The normalized spacial score (nSPS) is 13.8. The van der Waals surface area contributed by atoms with E-state index in [1.165, 1.54) is 25.3 Å². The van der Waals surface area contributed by atoms with Crippen LogP contribution < -0.4 is 4.74 Å². The highest BCUT2D eigenvalue weighted by molar-refractivity contribution is 5.65. The number of benzene rings is 2. The molecule has 2 aromatic rings. The molecule has 1 atom stereocenters. The van der Waals surface area contributed by atoms with Gasteiger partial charge in [-0.15, -0.1) is 0 Å². The second-order valence-corrected chi connectivity index (χ2v) is 6.09. The third kappa shape index (κ3) is 3.85. The molecule has 0 saturated carbocycles. The SMILES string of the molecule is CCN(C)/C=N/c1cc(OC)c(C(O)(c2ccccc2)C(F)F)cc1C. The van der Waals surface area contributed by atoms with Crippen molar-refractivity contribution in [3.05, 3.63) is 59.2 Å². The molecular formula is C20H24F2N2O2. The molecule has 0 bridgehead atoms. The maximum absolute atomic E-state index is 14.0. The van der Waals surface area contributed by atoms with Gasteiger partial charge in [0.25, 0.3) is 6.43 Å². The molecule has 0 aliphatic heterocycles. The summed E-state index contributed by atoms with van der Waals surface area (Å²) < 4.78 is 33.2. The molecule has 0 spiro atoms. The third-order valence-electron chi connectivity index (χ3n) is 4.35. The minimum Gasteiger partial charge on any atom is -0.496 e. The monoisotopic (exact) mass is 362 g/mol. The summed E-state index contributed by atoms with van der Waals surface area (Å²) in [5.74, 6) is 0.161. The highest BCUT2D eigenvalue weighted by atomic mass is 19.3. The van der Waals surface area contributed by atoms with Gasteiger partial charge in [-0.2, -0.15) is 0 Å². The van der Waals surface area contributed by atoms with Crippen molar-refractivity contribution in [2.45, 2.75) is 25.9 Å². The second-order valence-electron chi connectivity index (χ2n) is 6.09. The van der Waals surface area contributed by atoms with Crippen LogP contribution in [0.1, 0.15) is 23.6 Å². The van der Waals surface area contributed by atoms with E-state index < -0.39 is 12.0 Å². The van der Waals surface area contributed by atoms with Crippen molar-refractivity contribution in [1.29, 1.82) is 0 Å². The number of hydrogen-bond acceptors (Lipinski definition) is 3. The zero-order valence-corrected chi connectivity index (χ0v) is 15.4. The molecule has 1 unspecified atom stereocenters. The summed E-state index contributed by atoms with van der Waals surface area (Å²) in [7, 11) is 3.27. The van der Waals surface area contributed by atoms with Gasteiger partial charge in [-0.3, -0.25) is 0 Å². The lowest BCUT2D eigenvalue weighted by molar-refractivity contribution is -0.0729. The summed E-state index contributed by atoms with van der Waals surface area (Å²) >= 11 is 0. The molecule has 0 amide bonds. The van der Waals surface area contributed by atoms with Crippen molar-refractivity contribution in [1.82, 2.24) is 4.90 Å². The molecule has 26 heavy (non-hydrogen) atoms. The summed E-state index contributed by atoms with van der Waals surface area (Å²) in [5, 5.41) is 10.9. The molecule has 0 aromatic heterocycles. The Hall–Kier alpha value is -2.47. The summed E-state index contributed by atoms with van der Waals surface area (Å²) in [6.07, 6.45) is -1.36. The van der Waals surface area contributed by atoms with Crippen LogP contribution in [-0.2, 0) is 5.60 Å². The predicted molar refractivity (Wildman–Crippen MR) is 99.6 cm³/mol. The Morgan fingerprint density at radius 2 is 1.92 bits per heavy atom. The van der Waals surface area contributed by atoms with E-state index in [0.29, 0.717) is 11.3 Å². The number of hydrogen-bond donors (Lipinski definition) is 1. The van der Waals surface area contributed by atoms with E-state index in [1.807, 2.05) is 18.9 Å². The van der Waals surface area contributed by atoms with Crippen LogP contribution in [0.2, 0.25) is 0 Å². The zero-order chi connectivity index (χ0) is 19.3. The molecule has 140 valence electrons. The highest BCUT2D eigenvalue weighted by Gasteiger charge is 2.44. The number of aliphatic imine (C=N–C) groups is 1. The van der Waals surface area contributed by atoms with Crippen LogP contribution in [0.15, 0.2) is 47.5 Å². The van der Waals surface area contributed by atoms with E-state index in [9.17, 15) is 13.9 Å². The molecule has 0 aliphatic rings. The fraction of sp³-hybridized carbons (Fsp3) is 0.350. The van der Waals surface area contributed by atoms with Gasteiger partial charge in [-0.25, -0.2) is 13.8 Å². The van der Waals surface area contributed by atoms with Gasteiger partial charge in [-0.1, -0.05) is 30.3 Å². The smallest absolute Gasteiger partial charge is 0.275 e. The number of aliphatic hydroxyl groups is 1. The van der Waals surface area contributed by atoms with Crippen LogP contribution in [0.5, 0.6) is 5.75 Å². The lowest BCUT2D eigenvalue weighted by Crippen LogP contribution is -2.36. The van der Waals surface area contributed by atoms with E-state index in [2.05, 4.69) is 4.99 Å². The fourth-order valence-electron chi connectivity index (χ4n) is 2.62. The van der Waals surface area contributed by atoms with Crippen LogP contribution in [0.25, 0.3) is 0 Å². The van der Waals surface area contributed by atoms with E-state index >= 15 is 0 Å². The Morgan fingerprint density at radius 3 is 2.46 bits per heavy atom. The molecular weight excluding hydrogens is 338 g/mol. The van der Waals surface area contributed by atoms with Crippen LogP contribution in [0, 0.1) is 6.92 Å². The van der Waals surface area contributed by atoms with Gasteiger partial charge in [-0.05, 0) is 31.0 Å². The summed E-state index contributed by atoms with van der Waals surface area (Å²) in [6.45, 7) is 4.54. The van der Waals surface area contributed by atoms with Crippen molar-refractivity contribution in [2.75, 3.05) is 20.7 Å². The van der Waals surface area contributed by atoms with Crippen molar-refractivity contribution >= 4 is 12.0 Å². The first-order valence-corrected chi connectivity index (χ1v) is 8.34. The molecule has 0 radical (unpaired) electrons. The molecule has 0 saturated heterocycles. The van der Waals surface area contributed by atoms with Gasteiger partial charge >= 0.3 is 0 Å². The molecule has 0 fully saturated rings. The predicted octanol–water partition coefficient (Wildman–Crippen LogP) is 4.12. The summed E-state index contributed by atoms with van der Waals surface area (Å²) in [6, 6.07) is 11.0. The minimum atomic E-state index is -3.03. The first-order chi connectivity index (χ1) is 12.3. The number of halogens is 2. The zero-order valence-electron chi connectivity index (χ0n) is 15.4. The highest BCUT2D eigenvalue weighted by Crippen LogP contribution is 2.42. The van der Waals surface area contributed by atoms with Gasteiger partial charge in [0.05, 0.1) is 19.1 Å². The average molecular weight is 362 g/mol. The van der Waals surface area contributed by atoms with Crippen LogP contribution >= 0.6 is 0 Å². The number of ether oxygens (including phenoxy) is 1. The fourth-order valence-corrected chi connectivity index (χ4v) is 2.62. The largest absolute Gasteiger partial charge is 0.496 e. The van der Waals surface area contributed by atoms with Crippen molar-refractivity contribution in [3.63, 3.8) is 0 Å². The Bertz CT molecular complexity index is 766. The molecule has 0 heterocycles. The average Bonchev–Trinajstić information content (AvgIpc) is 2.66. The van der Waals surface area contributed by atoms with Crippen LogP contribution in [0.3, 0.4) is 0 Å². The lowest BCUT2D eigenvalue weighted by atomic mass is 9.85. The Balaban J connectivity index is 2.61. The van der Waals surface area contributed by atoms with Gasteiger partial charge < -0.3 is 14.7 Å². The number of methoxy groups -OCH3 is 1. The molecule has 4 nitrogen and oxygen atoms in total. The number of nitrogens with zero attached hydrogens (tertiary/aromatic N) is 2. The van der Waals surface area contributed by atoms with Gasteiger partial charge in [0, 0.05) is 25.2 Å². The summed E-state index contributed by atoms with van der Waals surface area (Å²) in [5.41, 5.74) is -1.09. The first kappa shape index (κ1) is 19.8. The first-order valence-electron chi connectivity index (χ1n) is 8.34. The maximum atomic E-state index is 14.0. The second kappa shape index (κ2) is 8.27. The van der Waals surface area contributed by atoms with Gasteiger partial charge in [0.1, 0.15) is 5.75 Å². The molecule has 6 heteroatoms. The standard InChI is InChI=1S/C20H24F2N2O2/c1-5-24(3)13-23-17-12-18(26-4)16(11-14(17)2)20(25,19(21)22)15-9-7-6-8-10-15/h6-13,19,25H,5H2,1-4H3/b23-13+. The molecule has 0 aliphatic carbocycles. The number of alkyl halides is 2. The number of rotatable bonds is 7. The van der Waals surface area contributed by atoms with E-state index in [4.69, 9.17) is 4.74 Å². The Morgan fingerprint density at radius 1 is 1.27 bits per heavy atom. The maximum Gasteiger partial charge on any atom is 0.275 e. The Labute approximate surface area is 152 Å². The topological polar surface area (TPSA) is 45.1 Å². The third-order valence-corrected chi connectivity index (χ3v) is 4.35. The Kier molecular flexibility index (Phi) is 6.32. The van der Waals surface area contributed by atoms with Crippen LogP contribution in [0.4, 0.5) is 14.5 Å². The van der Waals surface area contributed by atoms with Crippen molar-refractivity contribution < 1.29 is 18.6 Å². The number of aryl methyl sites for hydroxylation is 1. The van der Waals surface area contributed by atoms with E-state index in [-0.39, 0.29) is 16.9 Å².